The Morgan fingerprint density at radius 3 is 2.94 bits per heavy atom. The third-order valence-electron chi connectivity index (χ3n) is 2.39. The first-order valence-corrected chi connectivity index (χ1v) is 6.62. The van der Waals surface area contributed by atoms with Crippen molar-refractivity contribution in [3.63, 3.8) is 0 Å². The molecule has 0 bridgehead atoms. The number of nitriles is 1. The van der Waals surface area contributed by atoms with Gasteiger partial charge in [0, 0.05) is 21.8 Å². The van der Waals surface area contributed by atoms with E-state index in [1.807, 2.05) is 19.1 Å². The van der Waals surface area contributed by atoms with Crippen LogP contribution in [0.25, 0.3) is 0 Å². The van der Waals surface area contributed by atoms with Gasteiger partial charge in [0.1, 0.15) is 0 Å². The molecule has 0 aliphatic rings. The first-order valence-electron chi connectivity index (χ1n) is 5.23. The maximum Gasteiger partial charge on any atom is 0.0991 e. The predicted octanol–water partition coefficient (Wildman–Crippen LogP) is 1.54. The van der Waals surface area contributed by atoms with E-state index < -0.39 is 10.8 Å². The Morgan fingerprint density at radius 2 is 2.31 bits per heavy atom. The molecule has 0 radical (unpaired) electrons. The maximum absolute atomic E-state index is 11.9. The van der Waals surface area contributed by atoms with Gasteiger partial charge in [0.25, 0.3) is 0 Å². The van der Waals surface area contributed by atoms with Crippen molar-refractivity contribution >= 4 is 10.8 Å². The van der Waals surface area contributed by atoms with E-state index in [1.54, 1.807) is 12.1 Å². The molecule has 16 heavy (non-hydrogen) atoms. The first-order chi connectivity index (χ1) is 7.67. The van der Waals surface area contributed by atoms with Crippen LogP contribution in [-0.2, 0) is 16.6 Å². The van der Waals surface area contributed by atoms with Crippen LogP contribution in [-0.4, -0.2) is 16.0 Å². The molecule has 0 saturated heterocycles. The quantitative estimate of drug-likeness (QED) is 0.843. The Kier molecular flexibility index (Phi) is 5.17. The summed E-state index contributed by atoms with van der Waals surface area (Å²) < 4.78 is 11.9. The molecule has 86 valence electrons. The zero-order valence-corrected chi connectivity index (χ0v) is 10.2. The van der Waals surface area contributed by atoms with Crippen LogP contribution in [0.2, 0.25) is 0 Å². The van der Waals surface area contributed by atoms with Crippen LogP contribution in [0.1, 0.15) is 24.5 Å². The van der Waals surface area contributed by atoms with Gasteiger partial charge in [-0.15, -0.1) is 0 Å². The molecule has 4 heteroatoms. The highest BCUT2D eigenvalue weighted by molar-refractivity contribution is 7.84. The number of rotatable bonds is 5. The lowest BCUT2D eigenvalue weighted by Gasteiger charge is -2.09. The van der Waals surface area contributed by atoms with E-state index in [9.17, 15) is 4.21 Å². The van der Waals surface area contributed by atoms with Gasteiger partial charge in [-0.3, -0.25) is 4.21 Å². The van der Waals surface area contributed by atoms with Gasteiger partial charge in [-0.1, -0.05) is 19.1 Å². The average molecular weight is 236 g/mol. The monoisotopic (exact) mass is 236 g/mol. The second-order valence-corrected chi connectivity index (χ2v) is 5.58. The van der Waals surface area contributed by atoms with Gasteiger partial charge in [0.15, 0.2) is 0 Å². The molecular formula is C12H16N2OS. The molecule has 0 aromatic heterocycles. The SMILES string of the molecule is CC(CCN)S(=O)Cc1cccc(C#N)c1. The topological polar surface area (TPSA) is 66.9 Å². The number of hydrogen-bond acceptors (Lipinski definition) is 3. The molecule has 3 nitrogen and oxygen atoms in total. The summed E-state index contributed by atoms with van der Waals surface area (Å²) in [5.74, 6) is 0.497. The molecule has 0 heterocycles. The second-order valence-electron chi connectivity index (χ2n) is 3.73. The van der Waals surface area contributed by atoms with Crippen LogP contribution in [0, 0.1) is 11.3 Å². The minimum atomic E-state index is -0.915. The normalized spacial score (nSPS) is 14.1. The Hall–Kier alpha value is -1.18. The Balaban J connectivity index is 2.66. The molecule has 2 N–H and O–H groups in total. The number of nitrogens with two attached hydrogens (primary N) is 1. The summed E-state index contributed by atoms with van der Waals surface area (Å²) in [4.78, 5) is 0. The van der Waals surface area contributed by atoms with Gasteiger partial charge in [-0.25, -0.2) is 0 Å². The van der Waals surface area contributed by atoms with Crippen molar-refractivity contribution in [2.24, 2.45) is 5.73 Å². The van der Waals surface area contributed by atoms with Crippen molar-refractivity contribution in [2.75, 3.05) is 6.54 Å². The molecule has 0 aliphatic heterocycles. The van der Waals surface area contributed by atoms with Gasteiger partial charge in [0.05, 0.1) is 11.6 Å². The van der Waals surface area contributed by atoms with Gasteiger partial charge in [-0.2, -0.15) is 5.26 Å². The third-order valence-corrected chi connectivity index (χ3v) is 4.14. The number of benzene rings is 1. The smallest absolute Gasteiger partial charge is 0.0991 e. The van der Waals surface area contributed by atoms with E-state index >= 15 is 0 Å². The van der Waals surface area contributed by atoms with Crippen molar-refractivity contribution in [1.29, 1.82) is 5.26 Å². The summed E-state index contributed by atoms with van der Waals surface area (Å²) in [5.41, 5.74) is 6.99. The lowest BCUT2D eigenvalue weighted by atomic mass is 10.2. The summed E-state index contributed by atoms with van der Waals surface area (Å²) in [6.45, 7) is 2.50. The summed E-state index contributed by atoms with van der Waals surface area (Å²) >= 11 is 0. The lowest BCUT2D eigenvalue weighted by Crippen LogP contribution is -2.17. The zero-order chi connectivity index (χ0) is 12.0. The molecule has 2 atom stereocenters. The average Bonchev–Trinajstić information content (AvgIpc) is 2.29. The molecule has 0 fully saturated rings. The van der Waals surface area contributed by atoms with Crippen LogP contribution in [0.3, 0.4) is 0 Å². The molecule has 0 spiro atoms. The van der Waals surface area contributed by atoms with Crippen LogP contribution in [0.4, 0.5) is 0 Å². The second kappa shape index (κ2) is 6.41. The largest absolute Gasteiger partial charge is 0.330 e. The molecule has 0 saturated carbocycles. The molecule has 0 amide bonds. The minimum absolute atomic E-state index is 0.107. The van der Waals surface area contributed by atoms with Gasteiger partial charge in [0.2, 0.25) is 0 Å². The minimum Gasteiger partial charge on any atom is -0.330 e. The van der Waals surface area contributed by atoms with E-state index in [0.717, 1.165) is 12.0 Å². The van der Waals surface area contributed by atoms with Gasteiger partial charge >= 0.3 is 0 Å². The van der Waals surface area contributed by atoms with Crippen molar-refractivity contribution < 1.29 is 4.21 Å². The van der Waals surface area contributed by atoms with E-state index in [0.29, 0.717) is 17.9 Å². The van der Waals surface area contributed by atoms with Crippen molar-refractivity contribution in [3.8, 4) is 6.07 Å². The summed E-state index contributed by atoms with van der Waals surface area (Å²) in [5, 5.41) is 8.85. The van der Waals surface area contributed by atoms with Crippen LogP contribution in [0.5, 0.6) is 0 Å². The molecule has 1 aromatic carbocycles. The summed E-state index contributed by atoms with van der Waals surface area (Å²) in [6.07, 6.45) is 0.768. The molecular weight excluding hydrogens is 220 g/mol. The number of hydrogen-bond donors (Lipinski definition) is 1. The first kappa shape index (κ1) is 12.9. The molecule has 2 unspecified atom stereocenters. The highest BCUT2D eigenvalue weighted by atomic mass is 32.2. The maximum atomic E-state index is 11.9. The Bertz CT molecular complexity index is 412. The highest BCUT2D eigenvalue weighted by Gasteiger charge is 2.10. The van der Waals surface area contributed by atoms with Gasteiger partial charge in [-0.05, 0) is 30.7 Å². The van der Waals surface area contributed by atoms with E-state index in [-0.39, 0.29) is 5.25 Å². The molecule has 1 aromatic rings. The van der Waals surface area contributed by atoms with Crippen molar-refractivity contribution in [1.82, 2.24) is 0 Å². The van der Waals surface area contributed by atoms with Crippen LogP contribution >= 0.6 is 0 Å². The lowest BCUT2D eigenvalue weighted by molar-refractivity contribution is 0.665. The third kappa shape index (κ3) is 3.76. The van der Waals surface area contributed by atoms with Crippen molar-refractivity contribution in [3.05, 3.63) is 35.4 Å². The van der Waals surface area contributed by atoms with Crippen LogP contribution < -0.4 is 5.73 Å². The molecule has 1 rings (SSSR count). The molecule has 0 aliphatic carbocycles. The fourth-order valence-electron chi connectivity index (χ4n) is 1.40. The van der Waals surface area contributed by atoms with Crippen molar-refractivity contribution in [2.45, 2.75) is 24.3 Å². The highest BCUT2D eigenvalue weighted by Crippen LogP contribution is 2.11. The fraction of sp³-hybridized carbons (Fsp3) is 0.417. The van der Waals surface area contributed by atoms with E-state index in [4.69, 9.17) is 11.0 Å². The van der Waals surface area contributed by atoms with Gasteiger partial charge < -0.3 is 5.73 Å². The number of nitrogens with zero attached hydrogens (tertiary/aromatic N) is 1. The predicted molar refractivity (Wildman–Crippen MR) is 66.1 cm³/mol. The van der Waals surface area contributed by atoms with Crippen LogP contribution in [0.15, 0.2) is 24.3 Å². The summed E-state index contributed by atoms with van der Waals surface area (Å²) in [7, 11) is -0.915. The zero-order valence-electron chi connectivity index (χ0n) is 9.35. The Morgan fingerprint density at radius 1 is 1.56 bits per heavy atom. The summed E-state index contributed by atoms with van der Waals surface area (Å²) in [6, 6.07) is 9.32. The Labute approximate surface area is 98.7 Å². The van der Waals surface area contributed by atoms with E-state index in [2.05, 4.69) is 6.07 Å². The standard InChI is InChI=1S/C12H16N2OS/c1-10(5-6-13)16(15)9-12-4-2-3-11(7-12)8-14/h2-4,7,10H,5-6,9,13H2,1H3. The fourth-order valence-corrected chi connectivity index (χ4v) is 2.59. The van der Waals surface area contributed by atoms with E-state index in [1.165, 1.54) is 0 Å².